The Hall–Kier alpha value is -0.670. The quantitative estimate of drug-likeness (QED) is 0.751. The molecule has 1 fully saturated rings. The summed E-state index contributed by atoms with van der Waals surface area (Å²) in [6.07, 6.45) is 3.48. The van der Waals surface area contributed by atoms with Gasteiger partial charge in [-0.1, -0.05) is 13.0 Å². The number of allylic oxidation sites excluding steroid dienone is 1. The molecule has 2 N–H and O–H groups in total. The summed E-state index contributed by atoms with van der Waals surface area (Å²) in [5, 5.41) is 20.9. The predicted octanol–water partition coefficient (Wildman–Crippen LogP) is 2.07. The zero-order valence-electron chi connectivity index (χ0n) is 11.7. The van der Waals surface area contributed by atoms with Crippen LogP contribution in [0.4, 0.5) is 0 Å². The third-order valence-corrected chi connectivity index (χ3v) is 5.06. The summed E-state index contributed by atoms with van der Waals surface area (Å²) in [5.74, 6) is 0.258. The maximum atomic E-state index is 11.9. The molecule has 102 valence electrons. The minimum atomic E-state index is -0.903. The fourth-order valence-corrected chi connectivity index (χ4v) is 3.72. The van der Waals surface area contributed by atoms with Gasteiger partial charge in [0, 0.05) is 17.8 Å². The topological polar surface area (TPSA) is 57.5 Å². The number of carbonyl (C=O) groups is 1. The number of rotatable bonds is 1. The molecule has 18 heavy (non-hydrogen) atoms. The second-order valence-electron chi connectivity index (χ2n) is 6.72. The van der Waals surface area contributed by atoms with Crippen LogP contribution in [0, 0.1) is 17.3 Å². The van der Waals surface area contributed by atoms with E-state index >= 15 is 0 Å². The van der Waals surface area contributed by atoms with Crippen molar-refractivity contribution in [2.45, 2.75) is 58.7 Å². The van der Waals surface area contributed by atoms with Crippen LogP contribution in [-0.4, -0.2) is 27.7 Å². The van der Waals surface area contributed by atoms with Crippen LogP contribution >= 0.6 is 0 Å². The molecule has 3 heteroatoms. The first-order chi connectivity index (χ1) is 8.18. The van der Waals surface area contributed by atoms with Gasteiger partial charge in [-0.15, -0.1) is 0 Å². The van der Waals surface area contributed by atoms with Gasteiger partial charge in [0.2, 0.25) is 0 Å². The van der Waals surface area contributed by atoms with Crippen molar-refractivity contribution in [2.75, 3.05) is 0 Å². The van der Waals surface area contributed by atoms with Crippen LogP contribution in [0.15, 0.2) is 11.6 Å². The molecule has 4 unspecified atom stereocenters. The summed E-state index contributed by atoms with van der Waals surface area (Å²) in [7, 11) is 0. The van der Waals surface area contributed by atoms with E-state index in [1.165, 1.54) is 0 Å². The van der Waals surface area contributed by atoms with Crippen molar-refractivity contribution in [3.8, 4) is 0 Å². The van der Waals surface area contributed by atoms with Crippen molar-refractivity contribution in [1.82, 2.24) is 0 Å². The highest BCUT2D eigenvalue weighted by Gasteiger charge is 2.54. The second kappa shape index (κ2) is 4.17. The largest absolute Gasteiger partial charge is 0.392 e. The lowest BCUT2D eigenvalue weighted by Gasteiger charge is -2.49. The highest BCUT2D eigenvalue weighted by molar-refractivity contribution is 5.98. The van der Waals surface area contributed by atoms with Crippen molar-refractivity contribution in [3.05, 3.63) is 11.6 Å². The number of Topliss-reactive ketones (excluding diaryl/α,β-unsaturated/α-hetero) is 1. The Morgan fingerprint density at radius 1 is 1.39 bits per heavy atom. The van der Waals surface area contributed by atoms with E-state index in [0.717, 1.165) is 18.4 Å². The summed E-state index contributed by atoms with van der Waals surface area (Å²) in [6.45, 7) is 7.42. The predicted molar refractivity (Wildman–Crippen MR) is 70.0 cm³/mol. The van der Waals surface area contributed by atoms with Gasteiger partial charge < -0.3 is 10.2 Å². The molecular weight excluding hydrogens is 228 g/mol. The number of hydrogen-bond donors (Lipinski definition) is 2. The molecule has 1 saturated carbocycles. The van der Waals surface area contributed by atoms with E-state index in [1.807, 2.05) is 13.0 Å². The average molecular weight is 252 g/mol. The standard InChI is InChI=1S/C15H24O3/c1-9-7-15(8-12(9)16)10(2)5-6-11(13(15)17)14(3,4)18/h7,10-11,13,17-18H,5-6,8H2,1-4H3. The zero-order chi connectivity index (χ0) is 13.7. The van der Waals surface area contributed by atoms with Gasteiger partial charge >= 0.3 is 0 Å². The monoisotopic (exact) mass is 252 g/mol. The van der Waals surface area contributed by atoms with E-state index in [-0.39, 0.29) is 17.6 Å². The van der Waals surface area contributed by atoms with Crippen LogP contribution < -0.4 is 0 Å². The van der Waals surface area contributed by atoms with E-state index in [1.54, 1.807) is 13.8 Å². The van der Waals surface area contributed by atoms with Gasteiger partial charge in [0.05, 0.1) is 11.7 Å². The second-order valence-corrected chi connectivity index (χ2v) is 6.72. The number of hydrogen-bond acceptors (Lipinski definition) is 3. The zero-order valence-corrected chi connectivity index (χ0v) is 11.7. The number of aliphatic hydroxyl groups is 2. The molecule has 0 aromatic carbocycles. The Morgan fingerprint density at radius 3 is 2.44 bits per heavy atom. The molecule has 3 nitrogen and oxygen atoms in total. The summed E-state index contributed by atoms with van der Waals surface area (Å²) in [6, 6.07) is 0. The summed E-state index contributed by atoms with van der Waals surface area (Å²) in [4.78, 5) is 11.9. The van der Waals surface area contributed by atoms with Gasteiger partial charge in [0.15, 0.2) is 5.78 Å². The Labute approximate surface area is 109 Å². The van der Waals surface area contributed by atoms with Crippen molar-refractivity contribution >= 4 is 5.78 Å². The Kier molecular flexibility index (Phi) is 3.19. The molecule has 2 aliphatic rings. The molecule has 0 bridgehead atoms. The SMILES string of the molecule is CC1=CC2(CC1=O)C(C)CCC(C(C)(C)O)C2O. The summed E-state index contributed by atoms with van der Waals surface area (Å²) >= 11 is 0. The first kappa shape index (κ1) is 13.8. The number of aliphatic hydroxyl groups excluding tert-OH is 1. The smallest absolute Gasteiger partial charge is 0.159 e. The molecule has 0 saturated heterocycles. The highest BCUT2D eigenvalue weighted by atomic mass is 16.3. The van der Waals surface area contributed by atoms with Crippen LogP contribution in [0.1, 0.15) is 47.0 Å². The van der Waals surface area contributed by atoms with Gasteiger partial charge in [0.1, 0.15) is 0 Å². The van der Waals surface area contributed by atoms with Gasteiger partial charge in [-0.25, -0.2) is 0 Å². The lowest BCUT2D eigenvalue weighted by atomic mass is 9.58. The fourth-order valence-electron chi connectivity index (χ4n) is 3.72. The van der Waals surface area contributed by atoms with E-state index in [0.29, 0.717) is 6.42 Å². The minimum absolute atomic E-state index is 0.136. The molecule has 0 radical (unpaired) electrons. The Morgan fingerprint density at radius 2 is 2.00 bits per heavy atom. The first-order valence-corrected chi connectivity index (χ1v) is 6.81. The highest BCUT2D eigenvalue weighted by Crippen LogP contribution is 2.53. The molecule has 0 aliphatic heterocycles. The van der Waals surface area contributed by atoms with E-state index < -0.39 is 17.1 Å². The Bertz CT molecular complexity index is 391. The molecule has 0 aromatic heterocycles. The molecule has 2 rings (SSSR count). The van der Waals surface area contributed by atoms with E-state index in [2.05, 4.69) is 6.92 Å². The van der Waals surface area contributed by atoms with Crippen molar-refractivity contribution in [2.24, 2.45) is 17.3 Å². The third kappa shape index (κ3) is 1.94. The lowest BCUT2D eigenvalue weighted by molar-refractivity contribution is -0.136. The van der Waals surface area contributed by atoms with Crippen molar-refractivity contribution in [1.29, 1.82) is 0 Å². The fraction of sp³-hybridized carbons (Fsp3) is 0.800. The minimum Gasteiger partial charge on any atom is -0.392 e. The van der Waals surface area contributed by atoms with Crippen molar-refractivity contribution in [3.63, 3.8) is 0 Å². The number of carbonyl (C=O) groups excluding carboxylic acids is 1. The number of ketones is 1. The summed E-state index contributed by atoms with van der Waals surface area (Å²) < 4.78 is 0. The Balaban J connectivity index is 2.37. The molecule has 0 heterocycles. The van der Waals surface area contributed by atoms with Gasteiger partial charge in [-0.05, 0) is 45.1 Å². The third-order valence-electron chi connectivity index (χ3n) is 5.06. The first-order valence-electron chi connectivity index (χ1n) is 6.81. The van der Waals surface area contributed by atoms with Crippen LogP contribution in [0.2, 0.25) is 0 Å². The lowest BCUT2D eigenvalue weighted by Crippen LogP contribution is -2.53. The van der Waals surface area contributed by atoms with E-state index in [4.69, 9.17) is 0 Å². The maximum absolute atomic E-state index is 11.9. The molecule has 0 amide bonds. The van der Waals surface area contributed by atoms with Crippen molar-refractivity contribution < 1.29 is 15.0 Å². The molecule has 4 atom stereocenters. The average Bonchev–Trinajstić information content (AvgIpc) is 2.52. The molecule has 2 aliphatic carbocycles. The van der Waals surface area contributed by atoms with Crippen LogP contribution in [-0.2, 0) is 4.79 Å². The maximum Gasteiger partial charge on any atom is 0.159 e. The van der Waals surface area contributed by atoms with Crippen LogP contribution in [0.25, 0.3) is 0 Å². The molecule has 1 spiro atoms. The summed E-state index contributed by atoms with van der Waals surface area (Å²) in [5.41, 5.74) is -0.596. The molecule has 0 aromatic rings. The van der Waals surface area contributed by atoms with Gasteiger partial charge in [-0.3, -0.25) is 4.79 Å². The normalized spacial score (nSPS) is 41.3. The van der Waals surface area contributed by atoms with Crippen LogP contribution in [0.3, 0.4) is 0 Å². The van der Waals surface area contributed by atoms with Gasteiger partial charge in [-0.2, -0.15) is 0 Å². The van der Waals surface area contributed by atoms with E-state index in [9.17, 15) is 15.0 Å². The molecular formula is C15H24O3. The van der Waals surface area contributed by atoms with Crippen LogP contribution in [0.5, 0.6) is 0 Å². The van der Waals surface area contributed by atoms with Gasteiger partial charge in [0.25, 0.3) is 0 Å².